The van der Waals surface area contributed by atoms with Gasteiger partial charge in [-0.3, -0.25) is 0 Å². The molecule has 8 heteroatoms. The van der Waals surface area contributed by atoms with Gasteiger partial charge in [0.05, 0.1) is 0 Å². The van der Waals surface area contributed by atoms with Gasteiger partial charge in [0, 0.05) is 13.2 Å². The Balaban J connectivity index is 1.78. The first kappa shape index (κ1) is 22.2. The van der Waals surface area contributed by atoms with E-state index in [1.165, 1.54) is 10.4 Å². The summed E-state index contributed by atoms with van der Waals surface area (Å²) in [5, 5.41) is 5.72. The molecule has 2 aromatic carbocycles. The van der Waals surface area contributed by atoms with Crippen LogP contribution in [0.3, 0.4) is 0 Å². The number of hydrogen-bond donors (Lipinski definition) is 2. The van der Waals surface area contributed by atoms with E-state index in [-0.39, 0.29) is 16.3 Å². The molecule has 3 aromatic rings. The quantitative estimate of drug-likeness (QED) is 0.411. The number of halogens is 1. The molecule has 0 radical (unpaired) electrons. The van der Waals surface area contributed by atoms with E-state index in [0.29, 0.717) is 19.1 Å². The molecular weight excluding hydrogens is 414 g/mol. The molecule has 0 atom stereocenters. The van der Waals surface area contributed by atoms with Crippen LogP contribution in [0.15, 0.2) is 60.7 Å². The number of benzene rings is 2. The van der Waals surface area contributed by atoms with Gasteiger partial charge < -0.3 is 15.5 Å². The van der Waals surface area contributed by atoms with Crippen molar-refractivity contribution in [2.45, 2.75) is 32.2 Å². The molecule has 0 fully saturated rings. The van der Waals surface area contributed by atoms with Crippen LogP contribution in [0.25, 0.3) is 0 Å². The van der Waals surface area contributed by atoms with Crippen LogP contribution in [0.4, 0.5) is 11.9 Å². The Morgan fingerprint density at radius 2 is 1.50 bits per heavy atom. The number of nitrogens with one attached hydrogen (secondary N) is 1. The zero-order chi connectivity index (χ0) is 21.6. The van der Waals surface area contributed by atoms with Gasteiger partial charge in [0.25, 0.3) is 8.32 Å². The summed E-state index contributed by atoms with van der Waals surface area (Å²) in [5.41, 5.74) is 5.62. The molecule has 158 valence electrons. The van der Waals surface area contributed by atoms with E-state index in [4.69, 9.17) is 21.8 Å². The number of anilines is 2. The standard InChI is InChI=1S/C22H28ClN5OSi/c1-22(2,3)30(17-11-6-4-7-12-17,18-13-8-5-9-14-18)29-16-10-15-25-21-27-19(23)26-20(24)28-21/h4-9,11-14H,10,15-16H2,1-3H3,(H3,24,25,26,27,28). The number of rotatable bonds is 8. The summed E-state index contributed by atoms with van der Waals surface area (Å²) in [7, 11) is -2.51. The maximum atomic E-state index is 6.85. The van der Waals surface area contributed by atoms with Gasteiger partial charge in [0.1, 0.15) is 0 Å². The number of nitrogen functional groups attached to an aromatic ring is 1. The van der Waals surface area contributed by atoms with Crippen molar-refractivity contribution in [3.63, 3.8) is 0 Å². The molecule has 0 aliphatic rings. The predicted octanol–water partition coefficient (Wildman–Crippen LogP) is 3.49. The molecule has 6 nitrogen and oxygen atoms in total. The molecule has 30 heavy (non-hydrogen) atoms. The van der Waals surface area contributed by atoms with Crippen molar-refractivity contribution in [3.8, 4) is 0 Å². The Labute approximate surface area is 184 Å². The molecule has 0 amide bonds. The SMILES string of the molecule is CC(C)(C)[Si](OCCCNc1nc(N)nc(Cl)n1)(c1ccccc1)c1ccccc1. The van der Waals surface area contributed by atoms with Crippen LogP contribution in [0.2, 0.25) is 10.3 Å². The normalized spacial score (nSPS) is 12.0. The largest absolute Gasteiger partial charge is 0.407 e. The molecule has 3 N–H and O–H groups in total. The summed E-state index contributed by atoms with van der Waals surface area (Å²) in [6.07, 6.45) is 0.785. The average Bonchev–Trinajstić information content (AvgIpc) is 2.70. The van der Waals surface area contributed by atoms with E-state index < -0.39 is 8.32 Å². The second-order valence-electron chi connectivity index (χ2n) is 8.08. The van der Waals surface area contributed by atoms with Gasteiger partial charge in [-0.1, -0.05) is 81.4 Å². The third-order valence-electron chi connectivity index (χ3n) is 4.97. The van der Waals surface area contributed by atoms with Crippen LogP contribution >= 0.6 is 11.6 Å². The predicted molar refractivity (Wildman–Crippen MR) is 126 cm³/mol. The zero-order valence-corrected chi connectivity index (χ0v) is 19.4. The molecule has 0 bridgehead atoms. The van der Waals surface area contributed by atoms with Crippen molar-refractivity contribution in [1.29, 1.82) is 0 Å². The summed E-state index contributed by atoms with van der Waals surface area (Å²) in [6.45, 7) is 8.06. The van der Waals surface area contributed by atoms with E-state index in [2.05, 4.69) is 89.6 Å². The highest BCUT2D eigenvalue weighted by Gasteiger charge is 2.49. The lowest BCUT2D eigenvalue weighted by Gasteiger charge is -2.43. The Morgan fingerprint density at radius 3 is 2.00 bits per heavy atom. The molecule has 0 aliphatic carbocycles. The van der Waals surface area contributed by atoms with Gasteiger partial charge in [0.2, 0.25) is 17.2 Å². The van der Waals surface area contributed by atoms with Crippen LogP contribution in [0.5, 0.6) is 0 Å². The molecule has 0 spiro atoms. The van der Waals surface area contributed by atoms with E-state index in [9.17, 15) is 0 Å². The molecule has 1 heterocycles. The van der Waals surface area contributed by atoms with Crippen LogP contribution in [0.1, 0.15) is 27.2 Å². The Kier molecular flexibility index (Phi) is 7.07. The first-order valence-corrected chi connectivity index (χ1v) is 12.3. The Hall–Kier alpha value is -2.48. The fourth-order valence-corrected chi connectivity index (χ4v) is 8.48. The molecule has 1 aromatic heterocycles. The minimum absolute atomic E-state index is 0.0423. The average molecular weight is 442 g/mol. The lowest BCUT2D eigenvalue weighted by atomic mass is 10.2. The maximum Gasteiger partial charge on any atom is 0.261 e. The van der Waals surface area contributed by atoms with Crippen molar-refractivity contribution in [3.05, 3.63) is 65.9 Å². The molecule has 3 rings (SSSR count). The molecular formula is C22H28ClN5OSi. The molecule has 0 unspecified atom stereocenters. The fourth-order valence-electron chi connectivity index (χ4n) is 3.70. The monoisotopic (exact) mass is 441 g/mol. The summed E-state index contributed by atoms with van der Waals surface area (Å²) < 4.78 is 6.85. The highest BCUT2D eigenvalue weighted by atomic mass is 35.5. The summed E-state index contributed by atoms with van der Waals surface area (Å²) in [6, 6.07) is 21.2. The lowest BCUT2D eigenvalue weighted by molar-refractivity contribution is 0.295. The topological polar surface area (TPSA) is 86.0 Å². The summed E-state index contributed by atoms with van der Waals surface area (Å²) >= 11 is 5.83. The lowest BCUT2D eigenvalue weighted by Crippen LogP contribution is -2.66. The number of hydrogen-bond acceptors (Lipinski definition) is 6. The van der Waals surface area contributed by atoms with E-state index in [0.717, 1.165) is 6.42 Å². The minimum atomic E-state index is -2.51. The minimum Gasteiger partial charge on any atom is -0.407 e. The fraction of sp³-hybridized carbons (Fsp3) is 0.318. The second kappa shape index (κ2) is 9.55. The first-order valence-electron chi connectivity index (χ1n) is 9.99. The van der Waals surface area contributed by atoms with Crippen LogP contribution < -0.4 is 21.4 Å². The highest BCUT2D eigenvalue weighted by Crippen LogP contribution is 2.36. The second-order valence-corrected chi connectivity index (χ2v) is 12.7. The first-order chi connectivity index (χ1) is 14.3. The maximum absolute atomic E-state index is 6.85. The van der Waals surface area contributed by atoms with Gasteiger partial charge in [-0.05, 0) is 33.4 Å². The van der Waals surface area contributed by atoms with Gasteiger partial charge in [-0.15, -0.1) is 0 Å². The smallest absolute Gasteiger partial charge is 0.261 e. The van der Waals surface area contributed by atoms with Gasteiger partial charge in [0.15, 0.2) is 0 Å². The summed E-state index contributed by atoms with van der Waals surface area (Å²) in [5.74, 6) is 0.471. The van der Waals surface area contributed by atoms with Crippen molar-refractivity contribution >= 4 is 42.2 Å². The van der Waals surface area contributed by atoms with Gasteiger partial charge in [-0.25, -0.2) is 0 Å². The highest BCUT2D eigenvalue weighted by molar-refractivity contribution is 6.99. The van der Waals surface area contributed by atoms with Crippen molar-refractivity contribution in [2.24, 2.45) is 0 Å². The Morgan fingerprint density at radius 1 is 0.933 bits per heavy atom. The molecule has 0 saturated heterocycles. The van der Waals surface area contributed by atoms with Crippen molar-refractivity contribution < 1.29 is 4.43 Å². The molecule has 0 saturated carbocycles. The van der Waals surface area contributed by atoms with E-state index in [1.54, 1.807) is 0 Å². The third-order valence-corrected chi connectivity index (χ3v) is 10.2. The van der Waals surface area contributed by atoms with Gasteiger partial charge >= 0.3 is 0 Å². The summed E-state index contributed by atoms with van der Waals surface area (Å²) in [4.78, 5) is 11.8. The zero-order valence-electron chi connectivity index (χ0n) is 17.6. The van der Waals surface area contributed by atoms with Crippen LogP contribution in [-0.2, 0) is 4.43 Å². The number of nitrogens with two attached hydrogens (primary N) is 1. The van der Waals surface area contributed by atoms with Crippen LogP contribution in [0, 0.1) is 0 Å². The van der Waals surface area contributed by atoms with E-state index in [1.807, 2.05) is 12.1 Å². The molecule has 0 aliphatic heterocycles. The van der Waals surface area contributed by atoms with Gasteiger partial charge in [-0.2, -0.15) is 15.0 Å². The Bertz CT molecular complexity index is 891. The van der Waals surface area contributed by atoms with Crippen molar-refractivity contribution in [2.75, 3.05) is 24.2 Å². The van der Waals surface area contributed by atoms with Crippen molar-refractivity contribution in [1.82, 2.24) is 15.0 Å². The van der Waals surface area contributed by atoms with Crippen LogP contribution in [-0.4, -0.2) is 36.4 Å². The third kappa shape index (κ3) is 4.98. The van der Waals surface area contributed by atoms with E-state index >= 15 is 0 Å². The number of aromatic nitrogens is 3. The number of nitrogens with zero attached hydrogens (tertiary/aromatic N) is 3.